The molecule has 8 rings (SSSR count). The number of carbonyl (C=O) groups excluding carboxylic acids is 3. The zero-order valence-electron chi connectivity index (χ0n) is 20.8. The molecule has 38 heavy (non-hydrogen) atoms. The molecule has 2 unspecified atom stereocenters. The molecule has 0 radical (unpaired) electrons. The molecule has 1 aliphatic heterocycles. The maximum Gasteiger partial charge on any atom is 0.315 e. The smallest absolute Gasteiger partial charge is 0.315 e. The first-order valence-electron chi connectivity index (χ1n) is 12.9. The molecule has 1 saturated heterocycles. The Morgan fingerprint density at radius 3 is 2.05 bits per heavy atom. The van der Waals surface area contributed by atoms with Crippen molar-refractivity contribution < 1.29 is 19.1 Å². The van der Waals surface area contributed by atoms with E-state index in [2.05, 4.69) is 24.3 Å². The van der Waals surface area contributed by atoms with Crippen molar-refractivity contribution in [1.82, 2.24) is 0 Å². The van der Waals surface area contributed by atoms with Gasteiger partial charge in [0, 0.05) is 17.9 Å². The van der Waals surface area contributed by atoms with Gasteiger partial charge in [0.1, 0.15) is 5.75 Å². The first-order valence-corrected chi connectivity index (χ1v) is 12.9. The van der Waals surface area contributed by atoms with Crippen molar-refractivity contribution in [2.45, 2.75) is 25.2 Å². The van der Waals surface area contributed by atoms with Crippen molar-refractivity contribution in [1.29, 1.82) is 0 Å². The molecule has 4 aromatic carbocycles. The molecule has 2 atom stereocenters. The van der Waals surface area contributed by atoms with Gasteiger partial charge in [0.15, 0.2) is 0 Å². The van der Waals surface area contributed by atoms with E-state index in [1.54, 1.807) is 24.3 Å². The van der Waals surface area contributed by atoms with Crippen LogP contribution < -0.4 is 9.64 Å². The Kier molecular flexibility index (Phi) is 4.92. The van der Waals surface area contributed by atoms with Crippen LogP contribution in [0.4, 0.5) is 5.69 Å². The van der Waals surface area contributed by atoms with E-state index in [9.17, 15) is 14.4 Å². The summed E-state index contributed by atoms with van der Waals surface area (Å²) in [6.07, 6.45) is 0.132. The van der Waals surface area contributed by atoms with Gasteiger partial charge in [-0.15, -0.1) is 0 Å². The van der Waals surface area contributed by atoms with Crippen molar-refractivity contribution in [3.05, 3.63) is 131 Å². The summed E-state index contributed by atoms with van der Waals surface area (Å²) >= 11 is 0. The van der Waals surface area contributed by atoms with E-state index in [0.29, 0.717) is 11.4 Å². The molecule has 0 saturated carbocycles. The Bertz CT molecular complexity index is 1580. The molecule has 5 nitrogen and oxygen atoms in total. The van der Waals surface area contributed by atoms with Gasteiger partial charge in [-0.1, -0.05) is 84.9 Å². The maximum atomic E-state index is 14.3. The lowest BCUT2D eigenvalue weighted by molar-refractivity contribution is -0.133. The molecule has 0 aromatic heterocycles. The minimum absolute atomic E-state index is 0.132. The lowest BCUT2D eigenvalue weighted by Crippen LogP contribution is -2.49. The number of carbonyl (C=O) groups is 3. The minimum Gasteiger partial charge on any atom is -0.426 e. The highest BCUT2D eigenvalue weighted by molar-refractivity contribution is 6.25. The second-order valence-electron chi connectivity index (χ2n) is 10.5. The molecular weight excluding hydrogens is 474 g/mol. The van der Waals surface area contributed by atoms with Crippen LogP contribution in [0.3, 0.4) is 0 Å². The van der Waals surface area contributed by atoms with Crippen LogP contribution in [0.2, 0.25) is 0 Å². The van der Waals surface area contributed by atoms with Crippen LogP contribution in [0.15, 0.2) is 103 Å². The third kappa shape index (κ3) is 3.08. The third-order valence-corrected chi connectivity index (χ3v) is 8.51. The number of nitrogens with zero attached hydrogens (tertiary/aromatic N) is 1. The number of anilines is 1. The third-order valence-electron chi connectivity index (χ3n) is 8.51. The lowest BCUT2D eigenvalue weighted by atomic mass is 9.48. The normalized spacial score (nSPS) is 24.6. The highest BCUT2D eigenvalue weighted by atomic mass is 16.5. The van der Waals surface area contributed by atoms with Gasteiger partial charge < -0.3 is 4.74 Å². The molecule has 2 amide bonds. The highest BCUT2D eigenvalue weighted by Crippen LogP contribution is 2.67. The molecule has 186 valence electrons. The highest BCUT2D eigenvalue weighted by Gasteiger charge is 2.68. The van der Waals surface area contributed by atoms with Crippen molar-refractivity contribution in [3.8, 4) is 5.75 Å². The average molecular weight is 500 g/mol. The van der Waals surface area contributed by atoms with Crippen LogP contribution in [0.25, 0.3) is 0 Å². The SMILES string of the molecule is CC12C(=O)N(c3cccc(OC(=O)Cc4ccccc4)c3)C(=O)C1C1c3ccccc3C2c2ccccc21. The predicted octanol–water partition coefficient (Wildman–Crippen LogP) is 5.62. The van der Waals surface area contributed by atoms with E-state index in [0.717, 1.165) is 27.8 Å². The molecular formula is C33H25NO4. The first-order chi connectivity index (χ1) is 18.5. The number of ether oxygens (including phenoxy) is 1. The number of rotatable bonds is 4. The monoisotopic (exact) mass is 499 g/mol. The number of imide groups is 1. The van der Waals surface area contributed by atoms with E-state index >= 15 is 0 Å². The summed E-state index contributed by atoms with van der Waals surface area (Å²) < 4.78 is 5.60. The fraction of sp³-hybridized carbons (Fsp3) is 0.182. The fourth-order valence-electron chi connectivity index (χ4n) is 6.98. The Balaban J connectivity index is 1.26. The minimum atomic E-state index is -0.912. The topological polar surface area (TPSA) is 63.7 Å². The molecule has 1 heterocycles. The van der Waals surface area contributed by atoms with Gasteiger partial charge in [0.05, 0.1) is 23.4 Å². The number of hydrogen-bond donors (Lipinski definition) is 0. The van der Waals surface area contributed by atoms with Gasteiger partial charge in [0.2, 0.25) is 11.8 Å². The summed E-state index contributed by atoms with van der Waals surface area (Å²) in [5.41, 5.74) is 4.88. The Morgan fingerprint density at radius 2 is 1.39 bits per heavy atom. The van der Waals surface area contributed by atoms with E-state index in [4.69, 9.17) is 4.74 Å². The van der Waals surface area contributed by atoms with E-state index in [1.807, 2.05) is 61.5 Å². The predicted molar refractivity (Wildman–Crippen MR) is 143 cm³/mol. The summed E-state index contributed by atoms with van der Waals surface area (Å²) in [7, 11) is 0. The fourth-order valence-corrected chi connectivity index (χ4v) is 6.98. The zero-order chi connectivity index (χ0) is 26.0. The Morgan fingerprint density at radius 1 is 0.789 bits per heavy atom. The molecule has 0 N–H and O–H groups in total. The summed E-state index contributed by atoms with van der Waals surface area (Å²) in [6.45, 7) is 1.95. The molecule has 1 fully saturated rings. The van der Waals surface area contributed by atoms with Crippen molar-refractivity contribution >= 4 is 23.5 Å². The summed E-state index contributed by atoms with van der Waals surface area (Å²) in [5.74, 6) is -1.42. The summed E-state index contributed by atoms with van der Waals surface area (Å²) in [6, 6.07) is 32.5. The standard InChI is InChI=1S/C33H25NO4/c1-33-29-25-16-7-5-14-23(25)28(24-15-6-8-17-26(24)29)30(33)31(36)34(32(33)37)21-12-9-13-22(19-21)38-27(35)18-20-10-3-2-4-11-20/h2-17,19,28-30H,18H2,1H3. The van der Waals surface area contributed by atoms with Crippen LogP contribution >= 0.6 is 0 Å². The lowest BCUT2D eigenvalue weighted by Gasteiger charge is -2.51. The Labute approximate surface area is 220 Å². The van der Waals surface area contributed by atoms with Crippen LogP contribution in [0.5, 0.6) is 5.75 Å². The van der Waals surface area contributed by atoms with Crippen LogP contribution in [-0.2, 0) is 20.8 Å². The number of hydrogen-bond acceptors (Lipinski definition) is 4. The van der Waals surface area contributed by atoms with Gasteiger partial charge >= 0.3 is 5.97 Å². The molecule has 0 spiro atoms. The molecule has 5 heteroatoms. The Hall–Kier alpha value is -4.51. The van der Waals surface area contributed by atoms with Crippen molar-refractivity contribution in [2.75, 3.05) is 4.90 Å². The summed E-state index contributed by atoms with van der Waals surface area (Å²) in [5, 5.41) is 0. The van der Waals surface area contributed by atoms with Crippen molar-refractivity contribution in [2.24, 2.45) is 11.3 Å². The molecule has 4 aromatic rings. The first kappa shape index (κ1) is 22.7. The van der Waals surface area contributed by atoms with Gasteiger partial charge in [-0.3, -0.25) is 14.4 Å². The van der Waals surface area contributed by atoms with E-state index < -0.39 is 17.3 Å². The van der Waals surface area contributed by atoms with Crippen LogP contribution in [-0.4, -0.2) is 17.8 Å². The second kappa shape index (κ2) is 8.25. The van der Waals surface area contributed by atoms with Gasteiger partial charge in [-0.2, -0.15) is 0 Å². The van der Waals surface area contributed by atoms with Gasteiger partial charge in [-0.25, -0.2) is 4.90 Å². The summed E-state index contributed by atoms with van der Waals surface area (Å²) in [4.78, 5) is 42.3. The molecule has 4 aliphatic rings. The quantitative estimate of drug-likeness (QED) is 0.208. The van der Waals surface area contributed by atoms with E-state index in [1.165, 1.54) is 4.90 Å². The average Bonchev–Trinajstić information content (AvgIpc) is 3.14. The zero-order valence-corrected chi connectivity index (χ0v) is 20.8. The molecule has 2 bridgehead atoms. The van der Waals surface area contributed by atoms with Crippen LogP contribution in [0.1, 0.15) is 46.6 Å². The molecule has 3 aliphatic carbocycles. The number of benzene rings is 4. The number of amides is 2. The van der Waals surface area contributed by atoms with Crippen molar-refractivity contribution in [3.63, 3.8) is 0 Å². The van der Waals surface area contributed by atoms with E-state index in [-0.39, 0.29) is 30.1 Å². The second-order valence-corrected chi connectivity index (χ2v) is 10.5. The van der Waals surface area contributed by atoms with Crippen LogP contribution in [0, 0.1) is 11.3 Å². The maximum absolute atomic E-state index is 14.3. The van der Waals surface area contributed by atoms with Gasteiger partial charge in [-0.05, 0) is 46.9 Å². The van der Waals surface area contributed by atoms with Gasteiger partial charge in [0.25, 0.3) is 0 Å². The number of esters is 1. The largest absolute Gasteiger partial charge is 0.426 e.